The van der Waals surface area contributed by atoms with Gasteiger partial charge in [0.1, 0.15) is 11.3 Å². The number of hydrogen-bond acceptors (Lipinski definition) is 4. The second-order valence-electron chi connectivity index (χ2n) is 5.86. The molecule has 3 aromatic rings. The fraction of sp³-hybridized carbons (Fsp3) is 0.222. The number of urea groups is 1. The van der Waals surface area contributed by atoms with Gasteiger partial charge in [0.05, 0.1) is 18.8 Å². The van der Waals surface area contributed by atoms with E-state index in [-0.39, 0.29) is 11.8 Å². The molecule has 0 unspecified atom stereocenters. The lowest BCUT2D eigenvalue weighted by atomic mass is 10.2. The van der Waals surface area contributed by atoms with Gasteiger partial charge in [0, 0.05) is 23.2 Å². The molecule has 1 aromatic heterocycles. The first-order chi connectivity index (χ1) is 12.6. The highest BCUT2D eigenvalue weighted by Crippen LogP contribution is 2.31. The van der Waals surface area contributed by atoms with Gasteiger partial charge in [0.25, 0.3) is 0 Å². The number of carbonyl (C=O) groups is 1. The van der Waals surface area contributed by atoms with E-state index < -0.39 is 0 Å². The van der Waals surface area contributed by atoms with Crippen LogP contribution in [-0.2, 0) is 4.74 Å². The molecule has 2 aromatic carbocycles. The van der Waals surface area contributed by atoms with Crippen LogP contribution in [-0.4, -0.2) is 42.2 Å². The maximum Gasteiger partial charge on any atom is 0.322 e. The molecule has 1 fully saturated rings. The molecule has 0 radical (unpaired) electrons. The summed E-state index contributed by atoms with van der Waals surface area (Å²) in [4.78, 5) is 18.4. The molecular formula is C18H15BrFN3O3. The molecule has 2 heterocycles. The number of aromatic nitrogens is 1. The van der Waals surface area contributed by atoms with Crippen LogP contribution in [0.2, 0.25) is 0 Å². The van der Waals surface area contributed by atoms with Crippen molar-refractivity contribution >= 4 is 38.7 Å². The number of oxazole rings is 1. The van der Waals surface area contributed by atoms with Crippen molar-refractivity contribution in [1.29, 1.82) is 0 Å². The number of morpholine rings is 1. The van der Waals surface area contributed by atoms with Crippen LogP contribution in [0.5, 0.6) is 0 Å². The van der Waals surface area contributed by atoms with E-state index in [2.05, 4.69) is 26.2 Å². The molecule has 2 amide bonds. The zero-order chi connectivity index (χ0) is 18.1. The number of benzene rings is 2. The highest BCUT2D eigenvalue weighted by molar-refractivity contribution is 9.10. The normalized spacial score (nSPS) is 14.6. The minimum absolute atomic E-state index is 0.177. The molecule has 0 atom stereocenters. The second-order valence-corrected chi connectivity index (χ2v) is 6.71. The van der Waals surface area contributed by atoms with Gasteiger partial charge >= 0.3 is 6.03 Å². The molecule has 0 bridgehead atoms. The van der Waals surface area contributed by atoms with Gasteiger partial charge in [-0.2, -0.15) is 0 Å². The molecule has 4 rings (SSSR count). The number of ether oxygens (including phenoxy) is 1. The Balaban J connectivity index is 1.59. The summed E-state index contributed by atoms with van der Waals surface area (Å²) in [6.45, 7) is 2.22. The zero-order valence-electron chi connectivity index (χ0n) is 13.7. The number of nitrogens with one attached hydrogen (secondary N) is 1. The average Bonchev–Trinajstić information content (AvgIpc) is 3.07. The van der Waals surface area contributed by atoms with Crippen LogP contribution < -0.4 is 5.32 Å². The van der Waals surface area contributed by atoms with Gasteiger partial charge < -0.3 is 19.4 Å². The molecule has 1 saturated heterocycles. The second kappa shape index (κ2) is 7.05. The van der Waals surface area contributed by atoms with Gasteiger partial charge in [0.2, 0.25) is 5.89 Å². The molecule has 134 valence electrons. The first kappa shape index (κ1) is 17.0. The first-order valence-electron chi connectivity index (χ1n) is 8.10. The molecule has 1 aliphatic rings. The molecule has 0 saturated carbocycles. The Morgan fingerprint density at radius 1 is 1.19 bits per heavy atom. The van der Waals surface area contributed by atoms with Gasteiger partial charge in [-0.05, 0) is 52.3 Å². The molecule has 6 nitrogen and oxygen atoms in total. The number of anilines is 1. The van der Waals surface area contributed by atoms with Crippen molar-refractivity contribution in [2.75, 3.05) is 31.6 Å². The fourth-order valence-corrected chi connectivity index (χ4v) is 3.17. The summed E-state index contributed by atoms with van der Waals surface area (Å²) >= 11 is 3.38. The van der Waals surface area contributed by atoms with Crippen molar-refractivity contribution in [1.82, 2.24) is 9.88 Å². The lowest BCUT2D eigenvalue weighted by molar-refractivity contribution is 0.0564. The van der Waals surface area contributed by atoms with Crippen molar-refractivity contribution < 1.29 is 18.3 Å². The lowest BCUT2D eigenvalue weighted by Gasteiger charge is -2.26. The van der Waals surface area contributed by atoms with E-state index in [1.807, 2.05) is 0 Å². The summed E-state index contributed by atoms with van der Waals surface area (Å²) in [7, 11) is 0. The summed E-state index contributed by atoms with van der Waals surface area (Å²) in [6, 6.07) is 9.35. The SMILES string of the molecule is O=C(Nc1ccc2oc(-c3cc(F)ccc3Br)nc2c1)N1CCOCC1. The molecule has 1 N–H and O–H groups in total. The Morgan fingerprint density at radius 2 is 2.00 bits per heavy atom. The molecule has 0 spiro atoms. The van der Waals surface area contributed by atoms with Crippen molar-refractivity contribution in [3.63, 3.8) is 0 Å². The van der Waals surface area contributed by atoms with E-state index in [1.165, 1.54) is 12.1 Å². The quantitative estimate of drug-likeness (QED) is 0.673. The Labute approximate surface area is 157 Å². The smallest absolute Gasteiger partial charge is 0.322 e. The Hall–Kier alpha value is -2.45. The lowest BCUT2D eigenvalue weighted by Crippen LogP contribution is -2.43. The Kier molecular flexibility index (Phi) is 4.60. The minimum Gasteiger partial charge on any atom is -0.436 e. The van der Waals surface area contributed by atoms with E-state index in [9.17, 15) is 9.18 Å². The molecular weight excluding hydrogens is 405 g/mol. The van der Waals surface area contributed by atoms with Crippen LogP contribution >= 0.6 is 15.9 Å². The van der Waals surface area contributed by atoms with E-state index in [0.717, 1.165) is 0 Å². The molecule has 26 heavy (non-hydrogen) atoms. The minimum atomic E-state index is -0.371. The van der Waals surface area contributed by atoms with Crippen LogP contribution in [0.4, 0.5) is 14.9 Å². The third-order valence-electron chi connectivity index (χ3n) is 4.10. The number of halogens is 2. The third kappa shape index (κ3) is 3.42. The number of amides is 2. The number of carbonyl (C=O) groups excluding carboxylic acids is 1. The topological polar surface area (TPSA) is 67.6 Å². The molecule has 0 aliphatic carbocycles. The Bertz CT molecular complexity index is 969. The van der Waals surface area contributed by atoms with Crippen LogP contribution in [0.25, 0.3) is 22.6 Å². The highest BCUT2D eigenvalue weighted by atomic mass is 79.9. The van der Waals surface area contributed by atoms with Crippen LogP contribution in [0.15, 0.2) is 45.3 Å². The summed E-state index contributed by atoms with van der Waals surface area (Å²) in [5, 5.41) is 2.85. The van der Waals surface area contributed by atoms with Crippen LogP contribution in [0.3, 0.4) is 0 Å². The van der Waals surface area contributed by atoms with E-state index in [0.29, 0.717) is 59.0 Å². The number of rotatable bonds is 2. The van der Waals surface area contributed by atoms with E-state index >= 15 is 0 Å². The van der Waals surface area contributed by atoms with E-state index in [1.54, 1.807) is 29.2 Å². The van der Waals surface area contributed by atoms with Crippen LogP contribution in [0, 0.1) is 5.82 Å². The summed E-state index contributed by atoms with van der Waals surface area (Å²) in [5.41, 5.74) is 2.28. The van der Waals surface area contributed by atoms with Gasteiger partial charge in [-0.25, -0.2) is 14.2 Å². The number of nitrogens with zero attached hydrogens (tertiary/aromatic N) is 2. The van der Waals surface area contributed by atoms with Crippen molar-refractivity contribution in [3.8, 4) is 11.5 Å². The summed E-state index contributed by atoms with van der Waals surface area (Å²) in [5.74, 6) is -0.0630. The number of hydrogen-bond donors (Lipinski definition) is 1. The van der Waals surface area contributed by atoms with Crippen molar-refractivity contribution in [2.45, 2.75) is 0 Å². The van der Waals surface area contributed by atoms with Gasteiger partial charge in [-0.15, -0.1) is 0 Å². The molecule has 1 aliphatic heterocycles. The van der Waals surface area contributed by atoms with Crippen LogP contribution in [0.1, 0.15) is 0 Å². The predicted molar refractivity (Wildman–Crippen MR) is 98.5 cm³/mol. The highest BCUT2D eigenvalue weighted by Gasteiger charge is 2.18. The average molecular weight is 420 g/mol. The summed E-state index contributed by atoms with van der Waals surface area (Å²) in [6.07, 6.45) is 0. The van der Waals surface area contributed by atoms with Crippen molar-refractivity contribution in [3.05, 3.63) is 46.7 Å². The zero-order valence-corrected chi connectivity index (χ0v) is 15.3. The maximum atomic E-state index is 13.5. The van der Waals surface area contributed by atoms with Gasteiger partial charge in [-0.1, -0.05) is 0 Å². The molecule has 8 heteroatoms. The first-order valence-corrected chi connectivity index (χ1v) is 8.89. The van der Waals surface area contributed by atoms with Gasteiger partial charge in [0.15, 0.2) is 5.58 Å². The van der Waals surface area contributed by atoms with Crippen molar-refractivity contribution in [2.24, 2.45) is 0 Å². The monoisotopic (exact) mass is 419 g/mol. The van der Waals surface area contributed by atoms with E-state index in [4.69, 9.17) is 9.15 Å². The maximum absolute atomic E-state index is 13.5. The van der Waals surface area contributed by atoms with Gasteiger partial charge in [-0.3, -0.25) is 0 Å². The third-order valence-corrected chi connectivity index (χ3v) is 4.79. The predicted octanol–water partition coefficient (Wildman–Crippen LogP) is 4.26. The fourth-order valence-electron chi connectivity index (χ4n) is 2.75. The summed E-state index contributed by atoms with van der Waals surface area (Å²) < 4.78 is 25.2. The number of fused-ring (bicyclic) bond motifs is 1. The standard InChI is InChI=1S/C18H15BrFN3O3/c19-14-3-1-11(20)9-13(14)17-22-15-10-12(2-4-16(15)26-17)21-18(24)23-5-7-25-8-6-23/h1-4,9-10H,5-8H2,(H,21,24). The largest absolute Gasteiger partial charge is 0.436 e. The Morgan fingerprint density at radius 3 is 2.81 bits per heavy atom.